The summed E-state index contributed by atoms with van der Waals surface area (Å²) in [6.07, 6.45) is 3.25. The van der Waals surface area contributed by atoms with Gasteiger partial charge in [0.2, 0.25) is 0 Å². The van der Waals surface area contributed by atoms with Crippen molar-refractivity contribution in [2.24, 2.45) is 5.41 Å². The Labute approximate surface area is 97.8 Å². The van der Waals surface area contributed by atoms with Gasteiger partial charge in [0.25, 0.3) is 0 Å². The molecule has 2 nitrogen and oxygen atoms in total. The van der Waals surface area contributed by atoms with E-state index in [-0.39, 0.29) is 5.41 Å². The number of hydrogen-bond acceptors (Lipinski definition) is 2. The number of rotatable bonds is 4. The lowest BCUT2D eigenvalue weighted by atomic mass is 9.98. The Morgan fingerprint density at radius 1 is 1.50 bits per heavy atom. The fourth-order valence-electron chi connectivity index (χ4n) is 0.789. The highest BCUT2D eigenvalue weighted by Crippen LogP contribution is 2.21. The van der Waals surface area contributed by atoms with E-state index < -0.39 is 0 Å². The van der Waals surface area contributed by atoms with Crippen molar-refractivity contribution in [1.29, 1.82) is 0 Å². The smallest absolute Gasteiger partial charge is 0.139 e. The molecule has 14 heavy (non-hydrogen) atoms. The van der Waals surface area contributed by atoms with Gasteiger partial charge in [0.05, 0.1) is 17.8 Å². The molecule has 0 aliphatic heterocycles. The Morgan fingerprint density at radius 3 is 2.79 bits per heavy atom. The normalized spacial score (nSPS) is 11.4. The predicted octanol–water partition coefficient (Wildman–Crippen LogP) is 3.53. The number of ether oxygens (including phenoxy) is 1. The number of alkyl halides is 1. The summed E-state index contributed by atoms with van der Waals surface area (Å²) >= 11 is 9.21. The lowest BCUT2D eigenvalue weighted by Crippen LogP contribution is -2.22. The van der Waals surface area contributed by atoms with E-state index in [1.807, 2.05) is 0 Å². The van der Waals surface area contributed by atoms with Crippen LogP contribution in [0.15, 0.2) is 18.5 Å². The van der Waals surface area contributed by atoms with Crippen LogP contribution >= 0.6 is 27.5 Å². The first kappa shape index (κ1) is 11.8. The van der Waals surface area contributed by atoms with Gasteiger partial charge in [-0.05, 0) is 0 Å². The topological polar surface area (TPSA) is 22.1 Å². The first-order valence-electron chi connectivity index (χ1n) is 4.33. The van der Waals surface area contributed by atoms with Crippen LogP contribution in [0.25, 0.3) is 0 Å². The van der Waals surface area contributed by atoms with Crippen LogP contribution in [0.1, 0.15) is 13.8 Å². The van der Waals surface area contributed by atoms with Gasteiger partial charge in [-0.1, -0.05) is 41.4 Å². The monoisotopic (exact) mass is 277 g/mol. The van der Waals surface area contributed by atoms with Gasteiger partial charge in [-0.3, -0.25) is 4.98 Å². The van der Waals surface area contributed by atoms with Crippen molar-refractivity contribution in [3.63, 3.8) is 0 Å². The van der Waals surface area contributed by atoms with Gasteiger partial charge in [-0.15, -0.1) is 0 Å². The summed E-state index contributed by atoms with van der Waals surface area (Å²) in [5.41, 5.74) is 0.113. The molecule has 0 fully saturated rings. The molecule has 0 N–H and O–H groups in total. The molecule has 78 valence electrons. The number of pyridine rings is 1. The summed E-state index contributed by atoms with van der Waals surface area (Å²) in [5, 5.41) is 1.49. The maximum absolute atomic E-state index is 5.78. The van der Waals surface area contributed by atoms with E-state index in [4.69, 9.17) is 16.3 Å². The molecule has 0 aliphatic carbocycles. The second-order valence-corrected chi connectivity index (χ2v) is 4.92. The van der Waals surface area contributed by atoms with Gasteiger partial charge >= 0.3 is 0 Å². The van der Waals surface area contributed by atoms with Crippen molar-refractivity contribution in [2.45, 2.75) is 13.8 Å². The molecule has 1 aromatic rings. The molecule has 4 heteroatoms. The average Bonchev–Trinajstić information content (AvgIpc) is 2.15. The molecule has 0 bridgehead atoms. The Hall–Kier alpha value is -0.280. The summed E-state index contributed by atoms with van der Waals surface area (Å²) in [4.78, 5) is 3.94. The minimum Gasteiger partial charge on any atom is -0.491 e. The van der Waals surface area contributed by atoms with Crippen LogP contribution in [0.4, 0.5) is 0 Å². The Balaban J connectivity index is 2.54. The number of nitrogens with zero attached hydrogens (tertiary/aromatic N) is 1. The molecule has 1 rings (SSSR count). The molecule has 0 amide bonds. The fraction of sp³-hybridized carbons (Fsp3) is 0.500. The minimum atomic E-state index is 0.113. The zero-order valence-corrected chi connectivity index (χ0v) is 10.6. The Morgan fingerprint density at radius 2 is 2.21 bits per heavy atom. The van der Waals surface area contributed by atoms with Gasteiger partial charge in [0.1, 0.15) is 5.75 Å². The Bertz CT molecular complexity index is 304. The quantitative estimate of drug-likeness (QED) is 0.786. The number of aromatic nitrogens is 1. The fourth-order valence-corrected chi connectivity index (χ4v) is 1.11. The van der Waals surface area contributed by atoms with E-state index >= 15 is 0 Å². The first-order valence-corrected chi connectivity index (χ1v) is 5.83. The first-order chi connectivity index (χ1) is 6.53. The SMILES string of the molecule is CC(C)(CBr)COc1cncc(Cl)c1. The lowest BCUT2D eigenvalue weighted by Gasteiger charge is -2.21. The van der Waals surface area contributed by atoms with Gasteiger partial charge in [0, 0.05) is 23.0 Å². The third-order valence-corrected chi connectivity index (χ3v) is 3.40. The molecule has 1 heterocycles. The van der Waals surface area contributed by atoms with E-state index in [9.17, 15) is 0 Å². The number of halogens is 2. The molecule has 0 aliphatic rings. The highest BCUT2D eigenvalue weighted by molar-refractivity contribution is 9.09. The average molecular weight is 279 g/mol. The maximum atomic E-state index is 5.78. The standard InChI is InChI=1S/C10H13BrClNO/c1-10(2,6-11)7-14-9-3-8(12)4-13-5-9/h3-5H,6-7H2,1-2H3. The predicted molar refractivity (Wildman–Crippen MR) is 62.3 cm³/mol. The van der Waals surface area contributed by atoms with Gasteiger partial charge in [0.15, 0.2) is 0 Å². The summed E-state index contributed by atoms with van der Waals surface area (Å²) in [5.74, 6) is 0.714. The molecule has 0 saturated heterocycles. The minimum absolute atomic E-state index is 0.113. The molecule has 0 unspecified atom stereocenters. The van der Waals surface area contributed by atoms with Crippen LogP contribution in [-0.2, 0) is 0 Å². The van der Waals surface area contributed by atoms with E-state index in [1.165, 1.54) is 0 Å². The second-order valence-electron chi connectivity index (χ2n) is 3.93. The van der Waals surface area contributed by atoms with E-state index in [0.717, 1.165) is 5.33 Å². The third kappa shape index (κ3) is 3.84. The van der Waals surface area contributed by atoms with Crippen molar-refractivity contribution < 1.29 is 4.74 Å². The maximum Gasteiger partial charge on any atom is 0.139 e. The summed E-state index contributed by atoms with van der Waals surface area (Å²) in [6.45, 7) is 4.89. The van der Waals surface area contributed by atoms with Crippen LogP contribution < -0.4 is 4.74 Å². The lowest BCUT2D eigenvalue weighted by molar-refractivity contribution is 0.202. The van der Waals surface area contributed by atoms with Crippen LogP contribution in [0, 0.1) is 5.41 Å². The van der Waals surface area contributed by atoms with Crippen molar-refractivity contribution in [1.82, 2.24) is 4.98 Å². The van der Waals surface area contributed by atoms with Crippen LogP contribution in [-0.4, -0.2) is 16.9 Å². The Kier molecular flexibility index (Phi) is 4.20. The zero-order valence-electron chi connectivity index (χ0n) is 8.26. The second kappa shape index (κ2) is 4.99. The van der Waals surface area contributed by atoms with Gasteiger partial charge in [-0.2, -0.15) is 0 Å². The molecular formula is C10H13BrClNO. The molecule has 0 saturated carbocycles. The van der Waals surface area contributed by atoms with Crippen LogP contribution in [0.5, 0.6) is 5.75 Å². The van der Waals surface area contributed by atoms with E-state index in [2.05, 4.69) is 34.8 Å². The van der Waals surface area contributed by atoms with Crippen molar-refractivity contribution >= 4 is 27.5 Å². The van der Waals surface area contributed by atoms with Gasteiger partial charge < -0.3 is 4.74 Å². The highest BCUT2D eigenvalue weighted by Gasteiger charge is 2.16. The summed E-state index contributed by atoms with van der Waals surface area (Å²) < 4.78 is 5.57. The van der Waals surface area contributed by atoms with E-state index in [1.54, 1.807) is 18.5 Å². The van der Waals surface area contributed by atoms with Gasteiger partial charge in [-0.25, -0.2) is 0 Å². The van der Waals surface area contributed by atoms with Crippen molar-refractivity contribution in [2.75, 3.05) is 11.9 Å². The molecule has 1 aromatic heterocycles. The molecular weight excluding hydrogens is 265 g/mol. The third-order valence-electron chi connectivity index (χ3n) is 1.67. The van der Waals surface area contributed by atoms with Crippen molar-refractivity contribution in [3.8, 4) is 5.75 Å². The van der Waals surface area contributed by atoms with Crippen molar-refractivity contribution in [3.05, 3.63) is 23.5 Å². The molecule has 0 atom stereocenters. The summed E-state index contributed by atoms with van der Waals surface area (Å²) in [7, 11) is 0. The highest BCUT2D eigenvalue weighted by atomic mass is 79.9. The van der Waals surface area contributed by atoms with Crippen LogP contribution in [0.2, 0.25) is 5.02 Å². The molecule has 0 radical (unpaired) electrons. The zero-order chi connectivity index (χ0) is 10.6. The van der Waals surface area contributed by atoms with Crippen LogP contribution in [0.3, 0.4) is 0 Å². The van der Waals surface area contributed by atoms with E-state index in [0.29, 0.717) is 17.4 Å². The largest absolute Gasteiger partial charge is 0.491 e. The number of hydrogen-bond donors (Lipinski definition) is 0. The molecule has 0 aromatic carbocycles. The summed E-state index contributed by atoms with van der Waals surface area (Å²) in [6, 6.07) is 1.76. The molecule has 0 spiro atoms.